The van der Waals surface area contributed by atoms with Gasteiger partial charge < -0.3 is 9.73 Å². The normalized spacial score (nSPS) is 13.2. The Hall–Kier alpha value is -0.900. The zero-order chi connectivity index (χ0) is 12.7. The molecule has 1 aromatic heterocycles. The molecule has 1 N–H and O–H groups in total. The van der Waals surface area contributed by atoms with Crippen molar-refractivity contribution in [3.05, 3.63) is 11.8 Å². The molecule has 0 bridgehead atoms. The van der Waals surface area contributed by atoms with Gasteiger partial charge in [0.05, 0.1) is 6.04 Å². The fourth-order valence-corrected chi connectivity index (χ4v) is 2.14. The van der Waals surface area contributed by atoms with Gasteiger partial charge >= 0.3 is 0 Å². The molecule has 98 valence electrons. The second-order valence-corrected chi connectivity index (χ2v) is 4.50. The maximum absolute atomic E-state index is 5.81. The van der Waals surface area contributed by atoms with E-state index in [4.69, 9.17) is 4.42 Å². The van der Waals surface area contributed by atoms with Crippen molar-refractivity contribution in [2.75, 3.05) is 7.05 Å². The predicted octanol–water partition coefficient (Wildman–Crippen LogP) is 3.42. The van der Waals surface area contributed by atoms with Crippen molar-refractivity contribution in [2.45, 2.75) is 64.8 Å². The first-order valence-corrected chi connectivity index (χ1v) is 6.77. The molecule has 0 aliphatic rings. The molecule has 1 rings (SSSR count). The van der Waals surface area contributed by atoms with E-state index in [2.05, 4.69) is 36.3 Å². The summed E-state index contributed by atoms with van der Waals surface area (Å²) in [5.41, 5.74) is 0. The lowest BCUT2D eigenvalue weighted by Crippen LogP contribution is -2.15. The van der Waals surface area contributed by atoms with Crippen LogP contribution < -0.4 is 5.32 Å². The molecule has 1 atom stereocenters. The molecule has 0 fully saturated rings. The number of hydrogen-bond acceptors (Lipinski definition) is 4. The van der Waals surface area contributed by atoms with Crippen LogP contribution in [0.1, 0.15) is 76.6 Å². The predicted molar refractivity (Wildman–Crippen MR) is 68.9 cm³/mol. The van der Waals surface area contributed by atoms with Crippen LogP contribution in [0.15, 0.2) is 4.42 Å². The van der Waals surface area contributed by atoms with Gasteiger partial charge in [-0.15, -0.1) is 10.2 Å². The van der Waals surface area contributed by atoms with Crippen molar-refractivity contribution in [3.63, 3.8) is 0 Å². The van der Waals surface area contributed by atoms with Gasteiger partial charge in [0.25, 0.3) is 0 Å². The Morgan fingerprint density at radius 1 is 1.06 bits per heavy atom. The van der Waals surface area contributed by atoms with E-state index in [0.29, 0.717) is 5.92 Å². The second-order valence-electron chi connectivity index (χ2n) is 4.50. The molecule has 4 heteroatoms. The molecule has 1 aromatic rings. The third kappa shape index (κ3) is 3.80. The van der Waals surface area contributed by atoms with Crippen LogP contribution in [0.25, 0.3) is 0 Å². The fourth-order valence-electron chi connectivity index (χ4n) is 2.14. The minimum Gasteiger partial charge on any atom is -0.423 e. The minimum absolute atomic E-state index is 0.181. The van der Waals surface area contributed by atoms with E-state index in [1.54, 1.807) is 0 Å². The molecule has 0 radical (unpaired) electrons. The van der Waals surface area contributed by atoms with E-state index >= 15 is 0 Å². The summed E-state index contributed by atoms with van der Waals surface area (Å²) in [4.78, 5) is 0. The lowest BCUT2D eigenvalue weighted by molar-refractivity contribution is 0.354. The molecule has 4 nitrogen and oxygen atoms in total. The minimum atomic E-state index is 0.181. The summed E-state index contributed by atoms with van der Waals surface area (Å²) in [5, 5.41) is 11.6. The molecular formula is C13H25N3O. The maximum Gasteiger partial charge on any atom is 0.233 e. The first-order valence-electron chi connectivity index (χ1n) is 6.77. The van der Waals surface area contributed by atoms with Crippen LogP contribution in [-0.2, 0) is 0 Å². The van der Waals surface area contributed by atoms with E-state index in [-0.39, 0.29) is 6.04 Å². The van der Waals surface area contributed by atoms with Gasteiger partial charge in [-0.1, -0.05) is 33.6 Å². The van der Waals surface area contributed by atoms with Crippen LogP contribution in [0, 0.1) is 0 Å². The van der Waals surface area contributed by atoms with E-state index in [1.807, 2.05) is 7.05 Å². The SMILES string of the molecule is CCCC(CCC)c1nnc(C(CC)NC)o1. The zero-order valence-electron chi connectivity index (χ0n) is 11.5. The van der Waals surface area contributed by atoms with Gasteiger partial charge in [-0.2, -0.15) is 0 Å². The van der Waals surface area contributed by atoms with Gasteiger partial charge in [0.2, 0.25) is 11.8 Å². The molecule has 1 heterocycles. The quantitative estimate of drug-likeness (QED) is 0.755. The maximum atomic E-state index is 5.81. The summed E-state index contributed by atoms with van der Waals surface area (Å²) in [6, 6.07) is 0.181. The summed E-state index contributed by atoms with van der Waals surface area (Å²) in [6.45, 7) is 6.51. The van der Waals surface area contributed by atoms with Crippen molar-refractivity contribution in [3.8, 4) is 0 Å². The number of rotatable bonds is 8. The van der Waals surface area contributed by atoms with Crippen molar-refractivity contribution in [1.29, 1.82) is 0 Å². The molecule has 0 aliphatic carbocycles. The van der Waals surface area contributed by atoms with Gasteiger partial charge in [0, 0.05) is 5.92 Å². The smallest absolute Gasteiger partial charge is 0.233 e. The van der Waals surface area contributed by atoms with Crippen molar-refractivity contribution in [2.24, 2.45) is 0 Å². The molecule has 0 amide bonds. The Kier molecular flexibility index (Phi) is 6.19. The van der Waals surface area contributed by atoms with Crippen LogP contribution >= 0.6 is 0 Å². The summed E-state index contributed by atoms with van der Waals surface area (Å²) in [5.74, 6) is 1.97. The summed E-state index contributed by atoms with van der Waals surface area (Å²) in [7, 11) is 1.92. The van der Waals surface area contributed by atoms with Crippen LogP contribution in [0.3, 0.4) is 0 Å². The average Bonchev–Trinajstić information content (AvgIpc) is 2.80. The first-order chi connectivity index (χ1) is 8.26. The molecular weight excluding hydrogens is 214 g/mol. The second kappa shape index (κ2) is 7.43. The highest BCUT2D eigenvalue weighted by molar-refractivity contribution is 4.94. The third-order valence-electron chi connectivity index (χ3n) is 3.13. The van der Waals surface area contributed by atoms with Crippen LogP contribution in [0.4, 0.5) is 0 Å². The van der Waals surface area contributed by atoms with Crippen molar-refractivity contribution in [1.82, 2.24) is 15.5 Å². The molecule has 1 unspecified atom stereocenters. The Morgan fingerprint density at radius 2 is 1.65 bits per heavy atom. The molecule has 0 spiro atoms. The highest BCUT2D eigenvalue weighted by Gasteiger charge is 2.20. The number of nitrogens with zero attached hydrogens (tertiary/aromatic N) is 2. The topological polar surface area (TPSA) is 51.0 Å². The molecule has 17 heavy (non-hydrogen) atoms. The molecule has 0 aliphatic heterocycles. The lowest BCUT2D eigenvalue weighted by Gasteiger charge is -2.11. The highest BCUT2D eigenvalue weighted by Crippen LogP contribution is 2.26. The van der Waals surface area contributed by atoms with E-state index < -0.39 is 0 Å². The van der Waals surface area contributed by atoms with Crippen LogP contribution in [-0.4, -0.2) is 17.2 Å². The Bertz CT molecular complexity index is 301. The molecule has 0 saturated carbocycles. The monoisotopic (exact) mass is 239 g/mol. The van der Waals surface area contributed by atoms with Crippen LogP contribution in [0.5, 0.6) is 0 Å². The number of nitrogens with one attached hydrogen (secondary N) is 1. The number of aromatic nitrogens is 2. The Morgan fingerprint density at radius 3 is 2.12 bits per heavy atom. The largest absolute Gasteiger partial charge is 0.423 e. The molecule has 0 aromatic carbocycles. The lowest BCUT2D eigenvalue weighted by atomic mass is 9.98. The van der Waals surface area contributed by atoms with Crippen LogP contribution in [0.2, 0.25) is 0 Å². The Labute approximate surface area is 104 Å². The average molecular weight is 239 g/mol. The van der Waals surface area contributed by atoms with Gasteiger partial charge in [-0.3, -0.25) is 0 Å². The zero-order valence-corrected chi connectivity index (χ0v) is 11.5. The summed E-state index contributed by atoms with van der Waals surface area (Å²) >= 11 is 0. The van der Waals surface area contributed by atoms with Gasteiger partial charge in [-0.25, -0.2) is 0 Å². The molecule has 0 saturated heterocycles. The van der Waals surface area contributed by atoms with Gasteiger partial charge in [-0.05, 0) is 26.3 Å². The standard InChI is InChI=1S/C13H25N3O/c1-5-8-10(9-6-2)12-15-16-13(17-12)11(7-3)14-4/h10-11,14H,5-9H2,1-4H3. The summed E-state index contributed by atoms with van der Waals surface area (Å²) < 4.78 is 5.81. The third-order valence-corrected chi connectivity index (χ3v) is 3.13. The van der Waals surface area contributed by atoms with Crippen molar-refractivity contribution < 1.29 is 4.42 Å². The summed E-state index contributed by atoms with van der Waals surface area (Å²) in [6.07, 6.45) is 5.54. The Balaban J connectivity index is 2.76. The first kappa shape index (κ1) is 14.2. The van der Waals surface area contributed by atoms with E-state index in [0.717, 1.165) is 43.9 Å². The fraction of sp³-hybridized carbons (Fsp3) is 0.846. The van der Waals surface area contributed by atoms with E-state index in [1.165, 1.54) is 0 Å². The number of hydrogen-bond donors (Lipinski definition) is 1. The van der Waals surface area contributed by atoms with E-state index in [9.17, 15) is 0 Å². The van der Waals surface area contributed by atoms with Gasteiger partial charge in [0.15, 0.2) is 0 Å². The van der Waals surface area contributed by atoms with Crippen molar-refractivity contribution >= 4 is 0 Å². The highest BCUT2D eigenvalue weighted by atomic mass is 16.4. The van der Waals surface area contributed by atoms with Gasteiger partial charge in [0.1, 0.15) is 0 Å².